The van der Waals surface area contributed by atoms with Crippen LogP contribution < -0.4 is 5.32 Å². The van der Waals surface area contributed by atoms with Gasteiger partial charge in [-0.3, -0.25) is 0 Å². The Labute approximate surface area is 135 Å². The van der Waals surface area contributed by atoms with Gasteiger partial charge in [0.2, 0.25) is 0 Å². The van der Waals surface area contributed by atoms with Crippen molar-refractivity contribution in [3.63, 3.8) is 0 Å². The molecule has 0 heterocycles. The van der Waals surface area contributed by atoms with E-state index in [4.69, 9.17) is 23.2 Å². The van der Waals surface area contributed by atoms with Crippen LogP contribution in [0, 0.1) is 0 Å². The van der Waals surface area contributed by atoms with E-state index in [9.17, 15) is 5.11 Å². The van der Waals surface area contributed by atoms with Crippen LogP contribution in [0.1, 0.15) is 36.5 Å². The van der Waals surface area contributed by atoms with Crippen molar-refractivity contribution in [3.8, 4) is 5.75 Å². The molecular weight excluding hydrogens is 305 g/mol. The fourth-order valence-corrected chi connectivity index (χ4v) is 2.65. The third-order valence-electron chi connectivity index (χ3n) is 3.40. The smallest absolute Gasteiger partial charge is 0.138 e. The van der Waals surface area contributed by atoms with Crippen molar-refractivity contribution in [2.24, 2.45) is 0 Å². The van der Waals surface area contributed by atoms with Crippen molar-refractivity contribution < 1.29 is 5.11 Å². The lowest BCUT2D eigenvalue weighted by Crippen LogP contribution is -2.13. The molecule has 0 aliphatic rings. The van der Waals surface area contributed by atoms with Gasteiger partial charge >= 0.3 is 0 Å². The molecule has 0 aromatic heterocycles. The van der Waals surface area contributed by atoms with Crippen molar-refractivity contribution in [2.45, 2.75) is 32.9 Å². The molecule has 21 heavy (non-hydrogen) atoms. The van der Waals surface area contributed by atoms with Crippen molar-refractivity contribution in [2.75, 3.05) is 0 Å². The van der Waals surface area contributed by atoms with E-state index >= 15 is 0 Å². The van der Waals surface area contributed by atoms with E-state index < -0.39 is 0 Å². The molecule has 0 atom stereocenters. The first kappa shape index (κ1) is 16.2. The monoisotopic (exact) mass is 323 g/mol. The van der Waals surface area contributed by atoms with Crippen LogP contribution in [0.25, 0.3) is 0 Å². The second-order valence-corrected chi connectivity index (χ2v) is 6.24. The molecule has 2 nitrogen and oxygen atoms in total. The molecule has 2 N–H and O–H groups in total. The predicted octanol–water partition coefficient (Wildman–Crippen LogP) is 5.11. The van der Waals surface area contributed by atoms with E-state index in [1.54, 1.807) is 6.07 Å². The Kier molecular flexibility index (Phi) is 5.51. The van der Waals surface area contributed by atoms with E-state index in [0.29, 0.717) is 23.0 Å². The average Bonchev–Trinajstić information content (AvgIpc) is 2.44. The van der Waals surface area contributed by atoms with Crippen molar-refractivity contribution in [3.05, 3.63) is 63.1 Å². The normalized spacial score (nSPS) is 11.1. The summed E-state index contributed by atoms with van der Waals surface area (Å²) in [6.07, 6.45) is 0. The lowest BCUT2D eigenvalue weighted by molar-refractivity contribution is 0.464. The number of phenolic OH excluding ortho intramolecular Hbond substituents is 1. The van der Waals surface area contributed by atoms with Crippen LogP contribution in [-0.4, -0.2) is 5.11 Å². The molecule has 0 fully saturated rings. The summed E-state index contributed by atoms with van der Waals surface area (Å²) >= 11 is 11.8. The minimum Gasteiger partial charge on any atom is -0.506 e. The maximum Gasteiger partial charge on any atom is 0.138 e. The Bertz CT molecular complexity index is 609. The number of halogens is 2. The first-order valence-corrected chi connectivity index (χ1v) is 7.69. The standard InChI is InChI=1S/C17H19Cl2NO/c1-11(2)13-5-3-12(4-6-13)9-20-10-14-7-15(18)8-16(19)17(14)21/h3-8,11,20-21H,9-10H2,1-2H3. The van der Waals surface area contributed by atoms with Gasteiger partial charge in [0.25, 0.3) is 0 Å². The molecule has 0 unspecified atom stereocenters. The Hall–Kier alpha value is -1.22. The van der Waals surface area contributed by atoms with Gasteiger partial charge in [0.1, 0.15) is 5.75 Å². The zero-order valence-corrected chi connectivity index (χ0v) is 13.7. The van der Waals surface area contributed by atoms with Gasteiger partial charge in [-0.2, -0.15) is 0 Å². The molecule has 4 heteroatoms. The number of phenols is 1. The predicted molar refractivity (Wildman–Crippen MR) is 89.2 cm³/mol. The number of aromatic hydroxyl groups is 1. The zero-order chi connectivity index (χ0) is 15.4. The fourth-order valence-electron chi connectivity index (χ4n) is 2.12. The lowest BCUT2D eigenvalue weighted by atomic mass is 10.0. The third-order valence-corrected chi connectivity index (χ3v) is 3.90. The second-order valence-electron chi connectivity index (χ2n) is 5.40. The maximum absolute atomic E-state index is 9.89. The number of rotatable bonds is 5. The summed E-state index contributed by atoms with van der Waals surface area (Å²) in [6.45, 7) is 5.60. The molecule has 0 bridgehead atoms. The van der Waals surface area contributed by atoms with Crippen LogP contribution in [-0.2, 0) is 13.1 Å². The molecule has 0 aliphatic heterocycles. The topological polar surface area (TPSA) is 32.3 Å². The van der Waals surface area contributed by atoms with Crippen LogP contribution in [0.3, 0.4) is 0 Å². The SMILES string of the molecule is CC(C)c1ccc(CNCc2cc(Cl)cc(Cl)c2O)cc1. The molecule has 0 amide bonds. The summed E-state index contributed by atoms with van der Waals surface area (Å²) < 4.78 is 0. The second kappa shape index (κ2) is 7.17. The molecule has 0 radical (unpaired) electrons. The van der Waals surface area contributed by atoms with E-state index in [1.807, 2.05) is 0 Å². The van der Waals surface area contributed by atoms with E-state index in [0.717, 1.165) is 6.54 Å². The Balaban J connectivity index is 1.95. The summed E-state index contributed by atoms with van der Waals surface area (Å²) in [5.41, 5.74) is 3.23. The number of hydrogen-bond acceptors (Lipinski definition) is 2. The molecule has 112 valence electrons. The van der Waals surface area contributed by atoms with Gasteiger partial charge in [0.15, 0.2) is 0 Å². The summed E-state index contributed by atoms with van der Waals surface area (Å²) in [6, 6.07) is 11.8. The number of hydrogen-bond donors (Lipinski definition) is 2. The average molecular weight is 324 g/mol. The highest BCUT2D eigenvalue weighted by Gasteiger charge is 2.07. The van der Waals surface area contributed by atoms with Gasteiger partial charge < -0.3 is 10.4 Å². The van der Waals surface area contributed by atoms with Crippen LogP contribution in [0.4, 0.5) is 0 Å². The van der Waals surface area contributed by atoms with Gasteiger partial charge in [-0.1, -0.05) is 61.3 Å². The molecule has 2 rings (SSSR count). The van der Waals surface area contributed by atoms with Crippen LogP contribution >= 0.6 is 23.2 Å². The van der Waals surface area contributed by atoms with Crippen LogP contribution in [0.5, 0.6) is 5.75 Å². The van der Waals surface area contributed by atoms with Gasteiger partial charge in [-0.15, -0.1) is 0 Å². The molecule has 0 saturated heterocycles. The first-order valence-electron chi connectivity index (χ1n) is 6.94. The van der Waals surface area contributed by atoms with E-state index in [2.05, 4.69) is 43.4 Å². The Morgan fingerprint density at radius 2 is 1.71 bits per heavy atom. The summed E-state index contributed by atoms with van der Waals surface area (Å²) in [5, 5.41) is 14.0. The minimum absolute atomic E-state index is 0.0868. The molecule has 2 aromatic carbocycles. The van der Waals surface area contributed by atoms with Crippen molar-refractivity contribution in [1.29, 1.82) is 0 Å². The third kappa shape index (κ3) is 4.37. The van der Waals surface area contributed by atoms with Gasteiger partial charge in [0.05, 0.1) is 5.02 Å². The molecular formula is C17H19Cl2NO. The summed E-state index contributed by atoms with van der Waals surface area (Å²) in [4.78, 5) is 0. The minimum atomic E-state index is 0.0868. The Morgan fingerprint density at radius 3 is 2.33 bits per heavy atom. The van der Waals surface area contributed by atoms with Gasteiger partial charge in [-0.05, 0) is 29.2 Å². The van der Waals surface area contributed by atoms with Crippen molar-refractivity contribution in [1.82, 2.24) is 5.32 Å². The van der Waals surface area contributed by atoms with Crippen LogP contribution in [0.2, 0.25) is 10.0 Å². The lowest BCUT2D eigenvalue weighted by Gasteiger charge is -2.10. The molecule has 2 aromatic rings. The fraction of sp³-hybridized carbons (Fsp3) is 0.294. The maximum atomic E-state index is 9.89. The number of benzene rings is 2. The molecule has 0 saturated carbocycles. The highest BCUT2D eigenvalue weighted by molar-refractivity contribution is 6.35. The molecule has 0 aliphatic carbocycles. The van der Waals surface area contributed by atoms with Crippen molar-refractivity contribution >= 4 is 23.2 Å². The first-order chi connectivity index (χ1) is 9.97. The van der Waals surface area contributed by atoms with Crippen LogP contribution in [0.15, 0.2) is 36.4 Å². The largest absolute Gasteiger partial charge is 0.506 e. The van der Waals surface area contributed by atoms with Gasteiger partial charge in [-0.25, -0.2) is 0 Å². The summed E-state index contributed by atoms with van der Waals surface area (Å²) in [5.74, 6) is 0.626. The quantitative estimate of drug-likeness (QED) is 0.801. The van der Waals surface area contributed by atoms with E-state index in [1.165, 1.54) is 17.2 Å². The zero-order valence-electron chi connectivity index (χ0n) is 12.2. The summed E-state index contributed by atoms with van der Waals surface area (Å²) in [7, 11) is 0. The van der Waals surface area contributed by atoms with E-state index in [-0.39, 0.29) is 10.8 Å². The molecule has 0 spiro atoms. The number of nitrogens with one attached hydrogen (secondary N) is 1. The van der Waals surface area contributed by atoms with Gasteiger partial charge in [0, 0.05) is 23.7 Å². The Morgan fingerprint density at radius 1 is 1.05 bits per heavy atom. The highest BCUT2D eigenvalue weighted by Crippen LogP contribution is 2.31. The highest BCUT2D eigenvalue weighted by atomic mass is 35.5.